The van der Waals surface area contributed by atoms with Crippen LogP contribution in [0.25, 0.3) is 5.69 Å². The largest absolute Gasteiger partial charge is 0.465 e. The van der Waals surface area contributed by atoms with Crippen LogP contribution in [0.4, 0.5) is 0 Å². The first-order valence-electron chi connectivity index (χ1n) is 8.06. The Labute approximate surface area is 149 Å². The van der Waals surface area contributed by atoms with Crippen LogP contribution in [0.1, 0.15) is 36.0 Å². The lowest BCUT2D eigenvalue weighted by molar-refractivity contribution is -0.119. The zero-order chi connectivity index (χ0) is 17.6. The predicted octanol–water partition coefficient (Wildman–Crippen LogP) is 1.60. The zero-order valence-electron chi connectivity index (χ0n) is 13.8. The summed E-state index contributed by atoms with van der Waals surface area (Å²) < 4.78 is 6.22. The number of amides is 1. The van der Waals surface area contributed by atoms with Gasteiger partial charge in [-0.1, -0.05) is 30.7 Å². The predicted molar refractivity (Wildman–Crippen MR) is 91.6 cm³/mol. The van der Waals surface area contributed by atoms with Gasteiger partial charge in [0.25, 0.3) is 0 Å². The molecule has 1 aromatic carbocycles. The van der Waals surface area contributed by atoms with E-state index in [1.165, 1.54) is 36.4 Å². The Bertz CT molecular complexity index is 758. The first-order valence-corrected chi connectivity index (χ1v) is 9.05. The number of benzene rings is 1. The van der Waals surface area contributed by atoms with Crippen molar-refractivity contribution in [3.63, 3.8) is 0 Å². The number of rotatable bonds is 6. The minimum atomic E-state index is -0.430. The first kappa shape index (κ1) is 17.4. The van der Waals surface area contributed by atoms with Crippen LogP contribution in [0, 0.1) is 0 Å². The smallest absolute Gasteiger partial charge is 0.337 e. The van der Waals surface area contributed by atoms with E-state index in [0.29, 0.717) is 22.4 Å². The normalized spacial score (nSPS) is 14.4. The molecule has 132 valence electrons. The van der Waals surface area contributed by atoms with Crippen LogP contribution in [0.2, 0.25) is 0 Å². The molecule has 0 atom stereocenters. The average molecular weight is 361 g/mol. The maximum atomic E-state index is 12.1. The molecule has 0 spiro atoms. The number of methoxy groups -OCH3 is 1. The highest BCUT2D eigenvalue weighted by Gasteiger charge is 2.18. The molecule has 0 bridgehead atoms. The van der Waals surface area contributed by atoms with Gasteiger partial charge in [-0.25, -0.2) is 4.79 Å². The molecule has 1 saturated carbocycles. The van der Waals surface area contributed by atoms with Gasteiger partial charge in [0.1, 0.15) is 0 Å². The third kappa shape index (κ3) is 4.36. The number of carbonyl (C=O) groups is 2. The molecule has 2 aromatic rings. The molecule has 0 aliphatic heterocycles. The molecule has 1 aromatic heterocycles. The average Bonchev–Trinajstić information content (AvgIpc) is 3.31. The van der Waals surface area contributed by atoms with Crippen molar-refractivity contribution in [2.45, 2.75) is 36.9 Å². The minimum Gasteiger partial charge on any atom is -0.465 e. The standard InChI is InChI=1S/C16H19N5O3S/c1-24-15(23)11-5-4-8-13(9-11)21-16(18-19-20-21)25-10-14(22)17-12-6-2-3-7-12/h4-5,8-9,12H,2-3,6-7,10H2,1H3,(H,17,22). The Hall–Kier alpha value is -2.42. The lowest BCUT2D eigenvalue weighted by Gasteiger charge is -2.11. The molecular weight excluding hydrogens is 342 g/mol. The summed E-state index contributed by atoms with van der Waals surface area (Å²) in [6, 6.07) is 7.10. The Morgan fingerprint density at radius 1 is 1.36 bits per heavy atom. The maximum Gasteiger partial charge on any atom is 0.337 e. The number of nitrogens with one attached hydrogen (secondary N) is 1. The number of hydrogen-bond donors (Lipinski definition) is 1. The molecule has 0 unspecified atom stereocenters. The van der Waals surface area contributed by atoms with E-state index in [4.69, 9.17) is 4.74 Å². The number of hydrogen-bond acceptors (Lipinski definition) is 7. The SMILES string of the molecule is COC(=O)c1cccc(-n2nnnc2SCC(=O)NC2CCCC2)c1. The van der Waals surface area contributed by atoms with E-state index in [2.05, 4.69) is 20.8 Å². The van der Waals surface area contributed by atoms with Gasteiger partial charge in [-0.3, -0.25) is 4.79 Å². The number of tetrazole rings is 1. The minimum absolute atomic E-state index is 0.0187. The lowest BCUT2D eigenvalue weighted by atomic mass is 10.2. The summed E-state index contributed by atoms with van der Waals surface area (Å²) in [6.45, 7) is 0. The molecular formula is C16H19N5O3S. The van der Waals surface area contributed by atoms with Gasteiger partial charge in [0.05, 0.1) is 24.1 Å². The molecule has 0 radical (unpaired) electrons. The molecule has 1 N–H and O–H groups in total. The van der Waals surface area contributed by atoms with E-state index < -0.39 is 5.97 Å². The summed E-state index contributed by atoms with van der Waals surface area (Å²) in [6.07, 6.45) is 4.45. The van der Waals surface area contributed by atoms with E-state index in [1.807, 2.05) is 0 Å². The highest BCUT2D eigenvalue weighted by Crippen LogP contribution is 2.20. The Kier molecular flexibility index (Phi) is 5.64. The molecule has 1 amide bonds. The zero-order valence-corrected chi connectivity index (χ0v) is 14.7. The second-order valence-corrected chi connectivity index (χ2v) is 6.70. The molecule has 1 heterocycles. The van der Waals surface area contributed by atoms with E-state index >= 15 is 0 Å². The van der Waals surface area contributed by atoms with E-state index in [0.717, 1.165) is 12.8 Å². The molecule has 3 rings (SSSR count). The van der Waals surface area contributed by atoms with Gasteiger partial charge in [-0.15, -0.1) is 5.10 Å². The van der Waals surface area contributed by atoms with E-state index in [-0.39, 0.29) is 11.7 Å². The lowest BCUT2D eigenvalue weighted by Crippen LogP contribution is -2.33. The summed E-state index contributed by atoms with van der Waals surface area (Å²) in [7, 11) is 1.33. The number of carbonyl (C=O) groups excluding carboxylic acids is 2. The van der Waals surface area contributed by atoms with Crippen LogP contribution in [0.3, 0.4) is 0 Å². The van der Waals surface area contributed by atoms with E-state index in [9.17, 15) is 9.59 Å². The summed E-state index contributed by atoms with van der Waals surface area (Å²) in [5.41, 5.74) is 1.04. The van der Waals surface area contributed by atoms with Gasteiger partial charge in [0.2, 0.25) is 11.1 Å². The molecule has 1 aliphatic carbocycles. The molecule has 25 heavy (non-hydrogen) atoms. The highest BCUT2D eigenvalue weighted by molar-refractivity contribution is 7.99. The Morgan fingerprint density at radius 3 is 2.92 bits per heavy atom. The second-order valence-electron chi connectivity index (χ2n) is 5.75. The molecule has 0 saturated heterocycles. The number of thioether (sulfide) groups is 1. The maximum absolute atomic E-state index is 12.1. The number of nitrogens with zero attached hydrogens (tertiary/aromatic N) is 4. The fraction of sp³-hybridized carbons (Fsp3) is 0.438. The molecule has 8 nitrogen and oxygen atoms in total. The van der Waals surface area contributed by atoms with Gasteiger partial charge in [0.15, 0.2) is 0 Å². The number of esters is 1. The number of aromatic nitrogens is 4. The van der Waals surface area contributed by atoms with Gasteiger partial charge in [0, 0.05) is 6.04 Å². The van der Waals surface area contributed by atoms with Crippen LogP contribution in [0.15, 0.2) is 29.4 Å². The van der Waals surface area contributed by atoms with Gasteiger partial charge in [-0.05, 0) is 41.5 Å². The first-order chi connectivity index (χ1) is 12.2. The van der Waals surface area contributed by atoms with Crippen molar-refractivity contribution in [1.29, 1.82) is 0 Å². The fourth-order valence-electron chi connectivity index (χ4n) is 2.78. The summed E-state index contributed by atoms with van der Waals surface area (Å²) in [5.74, 6) is -0.206. The van der Waals surface area contributed by atoms with Crippen LogP contribution in [0.5, 0.6) is 0 Å². The number of ether oxygens (including phenoxy) is 1. The van der Waals surface area contributed by atoms with Crippen LogP contribution >= 0.6 is 11.8 Å². The fourth-order valence-corrected chi connectivity index (χ4v) is 3.49. The monoisotopic (exact) mass is 361 g/mol. The topological polar surface area (TPSA) is 99.0 Å². The van der Waals surface area contributed by atoms with Gasteiger partial charge >= 0.3 is 5.97 Å². The van der Waals surface area contributed by atoms with Crippen molar-refractivity contribution in [1.82, 2.24) is 25.5 Å². The van der Waals surface area contributed by atoms with E-state index in [1.54, 1.807) is 24.3 Å². The van der Waals surface area contributed by atoms with Crippen LogP contribution in [-0.2, 0) is 9.53 Å². The van der Waals surface area contributed by atoms with Crippen LogP contribution < -0.4 is 5.32 Å². The van der Waals surface area contributed by atoms with Crippen molar-refractivity contribution in [3.8, 4) is 5.69 Å². The van der Waals surface area contributed by atoms with Crippen LogP contribution in [-0.4, -0.2) is 51.0 Å². The van der Waals surface area contributed by atoms with Gasteiger partial charge in [-0.2, -0.15) is 4.68 Å². The molecule has 1 fully saturated rings. The third-order valence-corrected chi connectivity index (χ3v) is 4.92. The second kappa shape index (κ2) is 8.11. The Balaban J connectivity index is 1.66. The van der Waals surface area contributed by atoms with Gasteiger partial charge < -0.3 is 10.1 Å². The molecule has 9 heteroatoms. The summed E-state index contributed by atoms with van der Waals surface area (Å²) in [5, 5.41) is 15.1. The molecule has 1 aliphatic rings. The van der Waals surface area contributed by atoms with Crippen molar-refractivity contribution in [2.75, 3.05) is 12.9 Å². The third-order valence-electron chi connectivity index (χ3n) is 4.01. The quantitative estimate of drug-likeness (QED) is 0.616. The summed E-state index contributed by atoms with van der Waals surface area (Å²) in [4.78, 5) is 23.7. The Morgan fingerprint density at radius 2 is 2.16 bits per heavy atom. The highest BCUT2D eigenvalue weighted by atomic mass is 32.2. The summed E-state index contributed by atoms with van der Waals surface area (Å²) >= 11 is 1.26. The van der Waals surface area contributed by atoms with Crippen molar-refractivity contribution >= 4 is 23.6 Å². The van der Waals surface area contributed by atoms with Crippen molar-refractivity contribution in [2.24, 2.45) is 0 Å². The van der Waals surface area contributed by atoms with Crippen molar-refractivity contribution < 1.29 is 14.3 Å². The van der Waals surface area contributed by atoms with Crippen molar-refractivity contribution in [3.05, 3.63) is 29.8 Å².